The number of amides is 1. The van der Waals surface area contributed by atoms with Gasteiger partial charge in [0.05, 0.1) is 10.5 Å². The molecule has 0 unspecified atom stereocenters. The molecule has 2 aromatic heterocycles. The highest BCUT2D eigenvalue weighted by atomic mass is 79.9. The van der Waals surface area contributed by atoms with E-state index in [0.29, 0.717) is 0 Å². The molecule has 1 aliphatic rings. The van der Waals surface area contributed by atoms with Gasteiger partial charge in [0.25, 0.3) is 5.91 Å². The summed E-state index contributed by atoms with van der Waals surface area (Å²) in [6.07, 6.45) is -4.65. The van der Waals surface area contributed by atoms with Crippen LogP contribution < -0.4 is 10.6 Å². The van der Waals surface area contributed by atoms with E-state index in [-0.39, 0.29) is 28.4 Å². The number of rotatable bonds is 3. The van der Waals surface area contributed by atoms with Crippen LogP contribution in [0.5, 0.6) is 0 Å². The van der Waals surface area contributed by atoms with Crippen LogP contribution in [-0.4, -0.2) is 27.9 Å². The number of hydrogen-bond acceptors (Lipinski definition) is 4. The summed E-state index contributed by atoms with van der Waals surface area (Å²) in [4.78, 5) is 13.0. The maximum atomic E-state index is 13.6. The van der Waals surface area contributed by atoms with Crippen molar-refractivity contribution in [3.63, 3.8) is 0 Å². The minimum absolute atomic E-state index is 0.0581. The molecule has 3 rings (SSSR count). The molecule has 0 spiro atoms. The number of aromatic nitrogens is 2. The van der Waals surface area contributed by atoms with Gasteiger partial charge in [0.1, 0.15) is 5.82 Å². The molecule has 5 nitrogen and oxygen atoms in total. The summed E-state index contributed by atoms with van der Waals surface area (Å²) >= 11 is 4.63. The van der Waals surface area contributed by atoms with Crippen molar-refractivity contribution >= 4 is 39.0 Å². The van der Waals surface area contributed by atoms with E-state index >= 15 is 0 Å². The molecule has 0 radical (unpaired) electrons. The van der Waals surface area contributed by atoms with E-state index in [2.05, 4.69) is 31.7 Å². The predicted molar refractivity (Wildman–Crippen MR) is 92.9 cm³/mol. The highest BCUT2D eigenvalue weighted by molar-refractivity contribution is 9.10. The SMILES string of the molecule is CC(C)NC(=O)c1nn2c(c1Br)N[C@H](c1cccs1)C[C@H]2C(F)(F)F. The molecular weight excluding hydrogens is 421 g/mol. The Hall–Kier alpha value is -1.55. The Labute approximate surface area is 154 Å². The van der Waals surface area contributed by atoms with Crippen LogP contribution >= 0.6 is 27.3 Å². The number of nitrogens with zero attached hydrogens (tertiary/aromatic N) is 2. The van der Waals surface area contributed by atoms with Gasteiger partial charge in [-0.3, -0.25) is 4.79 Å². The molecule has 0 fully saturated rings. The van der Waals surface area contributed by atoms with Crippen LogP contribution in [0.4, 0.5) is 19.0 Å². The first-order chi connectivity index (χ1) is 11.7. The second kappa shape index (κ2) is 6.64. The van der Waals surface area contributed by atoms with Crippen LogP contribution in [0, 0.1) is 0 Å². The minimum Gasteiger partial charge on any atom is -0.362 e. The van der Waals surface area contributed by atoms with E-state index in [1.165, 1.54) is 11.3 Å². The summed E-state index contributed by atoms with van der Waals surface area (Å²) in [5, 5.41) is 11.5. The van der Waals surface area contributed by atoms with Gasteiger partial charge in [-0.05, 0) is 41.2 Å². The highest BCUT2D eigenvalue weighted by Crippen LogP contribution is 2.46. The Bertz CT molecular complexity index is 773. The number of anilines is 1. The van der Waals surface area contributed by atoms with Crippen LogP contribution in [0.3, 0.4) is 0 Å². The van der Waals surface area contributed by atoms with Crippen molar-refractivity contribution in [1.29, 1.82) is 0 Å². The van der Waals surface area contributed by atoms with Gasteiger partial charge in [-0.15, -0.1) is 11.3 Å². The first kappa shape index (κ1) is 18.2. The maximum absolute atomic E-state index is 13.6. The van der Waals surface area contributed by atoms with Crippen molar-refractivity contribution in [1.82, 2.24) is 15.1 Å². The van der Waals surface area contributed by atoms with E-state index < -0.39 is 24.2 Å². The molecule has 0 aromatic carbocycles. The third-order valence-corrected chi connectivity index (χ3v) is 5.55. The number of hydrogen-bond donors (Lipinski definition) is 2. The molecule has 2 atom stereocenters. The lowest BCUT2D eigenvalue weighted by Gasteiger charge is -2.33. The van der Waals surface area contributed by atoms with Crippen molar-refractivity contribution in [2.75, 3.05) is 5.32 Å². The van der Waals surface area contributed by atoms with Crippen molar-refractivity contribution in [3.05, 3.63) is 32.6 Å². The fourth-order valence-corrected chi connectivity index (χ4v) is 4.09. The summed E-state index contributed by atoms with van der Waals surface area (Å²) < 4.78 is 41.9. The number of carbonyl (C=O) groups excluding carboxylic acids is 1. The van der Waals surface area contributed by atoms with Crippen molar-refractivity contribution in [3.8, 4) is 0 Å². The van der Waals surface area contributed by atoms with Crippen LogP contribution in [0.25, 0.3) is 0 Å². The van der Waals surface area contributed by atoms with Crippen molar-refractivity contribution in [2.24, 2.45) is 0 Å². The maximum Gasteiger partial charge on any atom is 0.410 e. The van der Waals surface area contributed by atoms with Gasteiger partial charge in [-0.25, -0.2) is 4.68 Å². The van der Waals surface area contributed by atoms with Gasteiger partial charge in [0.15, 0.2) is 11.7 Å². The summed E-state index contributed by atoms with van der Waals surface area (Å²) in [6, 6.07) is 1.15. The summed E-state index contributed by atoms with van der Waals surface area (Å²) in [7, 11) is 0. The largest absolute Gasteiger partial charge is 0.410 e. The zero-order chi connectivity index (χ0) is 18.4. The highest BCUT2D eigenvalue weighted by Gasteiger charge is 2.47. The minimum atomic E-state index is -4.47. The van der Waals surface area contributed by atoms with Gasteiger partial charge < -0.3 is 10.6 Å². The van der Waals surface area contributed by atoms with E-state index in [9.17, 15) is 18.0 Å². The van der Waals surface area contributed by atoms with Crippen LogP contribution in [0.1, 0.15) is 47.7 Å². The fourth-order valence-electron chi connectivity index (χ4n) is 2.74. The van der Waals surface area contributed by atoms with Crippen LogP contribution in [0.2, 0.25) is 0 Å². The summed E-state index contributed by atoms with van der Waals surface area (Å²) in [5.41, 5.74) is -0.0581. The number of halogens is 4. The standard InChI is InChI=1S/C15H16BrF3N4OS/c1-7(2)20-14(24)12-11(16)13-21-8(9-4-3-5-25-9)6-10(15(17,18)19)23(13)22-12/h3-5,7-8,10,21H,6H2,1-2H3,(H,20,24)/t8-,10-/m0/s1. The summed E-state index contributed by atoms with van der Waals surface area (Å²) in [6.45, 7) is 3.54. The van der Waals surface area contributed by atoms with Gasteiger partial charge in [-0.2, -0.15) is 18.3 Å². The first-order valence-electron chi connectivity index (χ1n) is 7.64. The van der Waals surface area contributed by atoms with Crippen molar-refractivity contribution < 1.29 is 18.0 Å². The molecule has 0 saturated heterocycles. The Kier molecular flexibility index (Phi) is 4.84. The molecule has 1 aliphatic heterocycles. The number of fused-ring (bicyclic) bond motifs is 1. The van der Waals surface area contributed by atoms with Crippen molar-refractivity contribution in [2.45, 2.75) is 44.6 Å². The van der Waals surface area contributed by atoms with E-state index in [1.54, 1.807) is 26.0 Å². The number of thiophene rings is 1. The van der Waals surface area contributed by atoms with Gasteiger partial charge in [0.2, 0.25) is 0 Å². The molecular formula is C15H16BrF3N4OS. The molecule has 2 N–H and O–H groups in total. The fraction of sp³-hybridized carbons (Fsp3) is 0.467. The van der Waals surface area contributed by atoms with Gasteiger partial charge in [-0.1, -0.05) is 6.07 Å². The zero-order valence-corrected chi connectivity index (χ0v) is 15.8. The Morgan fingerprint density at radius 3 is 2.80 bits per heavy atom. The predicted octanol–water partition coefficient (Wildman–Crippen LogP) is 4.51. The molecule has 25 heavy (non-hydrogen) atoms. The smallest absolute Gasteiger partial charge is 0.362 e. The lowest BCUT2D eigenvalue weighted by molar-refractivity contribution is -0.173. The molecule has 0 saturated carbocycles. The normalized spacial score (nSPS) is 20.3. The third-order valence-electron chi connectivity index (χ3n) is 3.82. The van der Waals surface area contributed by atoms with Crippen LogP contribution in [0.15, 0.2) is 22.0 Å². The zero-order valence-electron chi connectivity index (χ0n) is 13.4. The average molecular weight is 437 g/mol. The van der Waals surface area contributed by atoms with Gasteiger partial charge in [0, 0.05) is 17.3 Å². The van der Waals surface area contributed by atoms with E-state index in [1.807, 2.05) is 5.38 Å². The number of carbonyl (C=O) groups is 1. The third kappa shape index (κ3) is 3.55. The average Bonchev–Trinajstić information content (AvgIpc) is 3.13. The number of nitrogens with one attached hydrogen (secondary N) is 2. The molecule has 2 aromatic rings. The summed E-state index contributed by atoms with van der Waals surface area (Å²) in [5.74, 6) is -0.347. The second-order valence-corrected chi connectivity index (χ2v) is 7.86. The number of alkyl halides is 3. The Morgan fingerprint density at radius 2 is 2.24 bits per heavy atom. The molecule has 0 bridgehead atoms. The molecule has 0 aliphatic carbocycles. The Balaban J connectivity index is 2.03. The van der Waals surface area contributed by atoms with E-state index in [4.69, 9.17) is 0 Å². The second-order valence-electron chi connectivity index (χ2n) is 6.09. The lowest BCUT2D eigenvalue weighted by Crippen LogP contribution is -2.35. The molecule has 3 heterocycles. The first-order valence-corrected chi connectivity index (χ1v) is 9.31. The quantitative estimate of drug-likeness (QED) is 0.744. The lowest BCUT2D eigenvalue weighted by atomic mass is 10.0. The van der Waals surface area contributed by atoms with Crippen LogP contribution in [-0.2, 0) is 0 Å². The van der Waals surface area contributed by atoms with E-state index in [0.717, 1.165) is 9.56 Å². The molecule has 10 heteroatoms. The molecule has 136 valence electrons. The monoisotopic (exact) mass is 436 g/mol. The topological polar surface area (TPSA) is 59.0 Å². The Morgan fingerprint density at radius 1 is 1.52 bits per heavy atom. The van der Waals surface area contributed by atoms with Gasteiger partial charge >= 0.3 is 6.18 Å². The molecule has 1 amide bonds.